The largest absolute Gasteiger partial charge is 0.444 e. The smallest absolute Gasteiger partial charge is 0.410 e. The number of amides is 2. The van der Waals surface area contributed by atoms with Gasteiger partial charge >= 0.3 is 6.09 Å². The lowest BCUT2D eigenvalue weighted by Crippen LogP contribution is -2.54. The molecule has 4 rings (SSSR count). The SMILES string of the molecule is Cn1ccnc1C1CN(C(=O)OC(C)(C)C)CCN1CC(=O)NC(C1CC1)C1CC1. The zero-order valence-corrected chi connectivity index (χ0v) is 18.6. The first-order valence-electron chi connectivity index (χ1n) is 11.2. The third-order valence-electron chi connectivity index (χ3n) is 6.23. The van der Waals surface area contributed by atoms with Crippen molar-refractivity contribution in [2.24, 2.45) is 18.9 Å². The number of imidazole rings is 1. The maximum Gasteiger partial charge on any atom is 0.410 e. The zero-order valence-electron chi connectivity index (χ0n) is 18.6. The molecule has 1 aliphatic heterocycles. The van der Waals surface area contributed by atoms with Crippen LogP contribution in [0.5, 0.6) is 0 Å². The van der Waals surface area contributed by atoms with Gasteiger partial charge in [-0.1, -0.05) is 0 Å². The second-order valence-corrected chi connectivity index (χ2v) is 10.1. The summed E-state index contributed by atoms with van der Waals surface area (Å²) in [6.45, 7) is 7.56. The van der Waals surface area contributed by atoms with Gasteiger partial charge in [-0.15, -0.1) is 0 Å². The number of carbonyl (C=O) groups is 2. The van der Waals surface area contributed by atoms with Crippen LogP contribution in [-0.2, 0) is 16.6 Å². The Morgan fingerprint density at radius 1 is 1.20 bits per heavy atom. The second kappa shape index (κ2) is 8.21. The predicted octanol–water partition coefficient (Wildman–Crippen LogP) is 2.32. The molecule has 1 N–H and O–H groups in total. The zero-order chi connectivity index (χ0) is 21.5. The fourth-order valence-electron chi connectivity index (χ4n) is 4.39. The lowest BCUT2D eigenvalue weighted by atomic mass is 10.1. The van der Waals surface area contributed by atoms with Gasteiger partial charge in [0.25, 0.3) is 0 Å². The third kappa shape index (κ3) is 5.14. The molecule has 1 saturated heterocycles. The van der Waals surface area contributed by atoms with Crippen LogP contribution in [0, 0.1) is 11.8 Å². The van der Waals surface area contributed by atoms with E-state index in [1.807, 2.05) is 38.6 Å². The topological polar surface area (TPSA) is 79.7 Å². The molecular weight excluding hydrogens is 382 g/mol. The van der Waals surface area contributed by atoms with Crippen LogP contribution in [0.15, 0.2) is 12.4 Å². The summed E-state index contributed by atoms with van der Waals surface area (Å²) in [5, 5.41) is 3.32. The van der Waals surface area contributed by atoms with Crippen molar-refractivity contribution in [3.63, 3.8) is 0 Å². The van der Waals surface area contributed by atoms with Gasteiger partial charge in [-0.2, -0.15) is 0 Å². The van der Waals surface area contributed by atoms with E-state index in [-0.39, 0.29) is 18.0 Å². The average molecular weight is 418 g/mol. The summed E-state index contributed by atoms with van der Waals surface area (Å²) in [6.07, 6.45) is 8.32. The number of aromatic nitrogens is 2. The van der Waals surface area contributed by atoms with Gasteiger partial charge in [-0.3, -0.25) is 9.69 Å². The van der Waals surface area contributed by atoms with Gasteiger partial charge in [0, 0.05) is 45.1 Å². The summed E-state index contributed by atoms with van der Waals surface area (Å²) in [4.78, 5) is 33.9. The summed E-state index contributed by atoms with van der Waals surface area (Å²) in [5.74, 6) is 2.30. The fraction of sp³-hybridized carbons (Fsp3) is 0.773. The molecule has 3 aliphatic rings. The van der Waals surface area contributed by atoms with Gasteiger partial charge in [-0.25, -0.2) is 9.78 Å². The van der Waals surface area contributed by atoms with Crippen molar-refractivity contribution in [2.45, 2.75) is 64.1 Å². The van der Waals surface area contributed by atoms with Gasteiger partial charge < -0.3 is 19.5 Å². The lowest BCUT2D eigenvalue weighted by molar-refractivity contribution is -0.124. The third-order valence-corrected chi connectivity index (χ3v) is 6.23. The van der Waals surface area contributed by atoms with Crippen molar-refractivity contribution < 1.29 is 14.3 Å². The number of piperazine rings is 1. The van der Waals surface area contributed by atoms with E-state index in [1.165, 1.54) is 25.7 Å². The van der Waals surface area contributed by atoms with Crippen LogP contribution in [0.2, 0.25) is 0 Å². The van der Waals surface area contributed by atoms with E-state index in [2.05, 4.69) is 15.2 Å². The van der Waals surface area contributed by atoms with Crippen molar-refractivity contribution in [1.29, 1.82) is 0 Å². The minimum Gasteiger partial charge on any atom is -0.444 e. The number of nitrogens with zero attached hydrogens (tertiary/aromatic N) is 4. The Labute approximate surface area is 178 Å². The van der Waals surface area contributed by atoms with Crippen molar-refractivity contribution in [3.05, 3.63) is 18.2 Å². The van der Waals surface area contributed by atoms with E-state index in [0.717, 1.165) is 5.82 Å². The molecule has 30 heavy (non-hydrogen) atoms. The first-order chi connectivity index (χ1) is 14.2. The number of hydrogen-bond acceptors (Lipinski definition) is 5. The normalized spacial score (nSPS) is 23.0. The van der Waals surface area contributed by atoms with Gasteiger partial charge in [0.1, 0.15) is 11.4 Å². The van der Waals surface area contributed by atoms with E-state index in [1.54, 1.807) is 11.1 Å². The van der Waals surface area contributed by atoms with Crippen LogP contribution < -0.4 is 5.32 Å². The summed E-state index contributed by atoms with van der Waals surface area (Å²) >= 11 is 0. The quantitative estimate of drug-likeness (QED) is 0.768. The monoisotopic (exact) mass is 417 g/mol. The van der Waals surface area contributed by atoms with Crippen molar-refractivity contribution in [1.82, 2.24) is 24.7 Å². The summed E-state index contributed by atoms with van der Waals surface area (Å²) in [6, 6.07) is 0.212. The van der Waals surface area contributed by atoms with Gasteiger partial charge in [0.05, 0.1) is 12.6 Å². The first-order valence-corrected chi connectivity index (χ1v) is 11.2. The van der Waals surface area contributed by atoms with Crippen molar-refractivity contribution in [3.8, 4) is 0 Å². The van der Waals surface area contributed by atoms with E-state index < -0.39 is 5.60 Å². The van der Waals surface area contributed by atoms with Gasteiger partial charge in [0.15, 0.2) is 0 Å². The Balaban J connectivity index is 1.43. The Kier molecular flexibility index (Phi) is 5.79. The van der Waals surface area contributed by atoms with Crippen LogP contribution in [0.4, 0.5) is 4.79 Å². The molecule has 0 radical (unpaired) electrons. The molecule has 0 aromatic carbocycles. The molecule has 166 valence electrons. The number of aryl methyl sites for hydroxylation is 1. The highest BCUT2D eigenvalue weighted by atomic mass is 16.6. The molecule has 1 aromatic heterocycles. The van der Waals surface area contributed by atoms with Crippen LogP contribution in [0.1, 0.15) is 58.3 Å². The number of hydrogen-bond donors (Lipinski definition) is 1. The minimum atomic E-state index is -0.534. The Hall–Kier alpha value is -2.09. The van der Waals surface area contributed by atoms with Crippen LogP contribution in [0.3, 0.4) is 0 Å². The maximum absolute atomic E-state index is 12.9. The summed E-state index contributed by atoms with van der Waals surface area (Å²) < 4.78 is 7.53. The second-order valence-electron chi connectivity index (χ2n) is 10.1. The predicted molar refractivity (Wildman–Crippen MR) is 113 cm³/mol. The highest BCUT2D eigenvalue weighted by Gasteiger charge is 2.43. The number of rotatable bonds is 6. The molecule has 0 bridgehead atoms. The molecule has 2 amide bonds. The molecule has 2 aliphatic carbocycles. The van der Waals surface area contributed by atoms with Crippen LogP contribution in [-0.4, -0.2) is 69.2 Å². The molecule has 3 fully saturated rings. The molecule has 1 atom stereocenters. The van der Waals surface area contributed by atoms with Crippen LogP contribution in [0.25, 0.3) is 0 Å². The molecular formula is C22H35N5O3. The van der Waals surface area contributed by atoms with E-state index in [9.17, 15) is 9.59 Å². The standard InChI is InChI=1S/C22H35N5O3/c1-22(2,3)30-21(29)27-12-11-26(17(13-27)20-23-9-10-25(20)4)14-18(28)24-19(15-5-6-15)16-7-8-16/h9-10,15-17,19H,5-8,11-14H2,1-4H3,(H,24,28). The van der Waals surface area contributed by atoms with Crippen molar-refractivity contribution in [2.75, 3.05) is 26.2 Å². The fourth-order valence-corrected chi connectivity index (χ4v) is 4.39. The molecule has 1 aromatic rings. The number of nitrogens with one attached hydrogen (secondary N) is 1. The van der Waals surface area contributed by atoms with E-state index in [0.29, 0.717) is 44.1 Å². The maximum atomic E-state index is 12.9. The van der Waals surface area contributed by atoms with Gasteiger partial charge in [0.2, 0.25) is 5.91 Å². The van der Waals surface area contributed by atoms with Gasteiger partial charge in [-0.05, 0) is 58.3 Å². The lowest BCUT2D eigenvalue weighted by Gasteiger charge is -2.41. The Morgan fingerprint density at radius 3 is 2.40 bits per heavy atom. The summed E-state index contributed by atoms with van der Waals surface area (Å²) in [5.41, 5.74) is -0.534. The first kappa shape index (κ1) is 21.2. The average Bonchev–Trinajstić information content (AvgIpc) is 3.58. The Morgan fingerprint density at radius 2 is 1.87 bits per heavy atom. The number of ether oxygens (including phenoxy) is 1. The van der Waals surface area contributed by atoms with Crippen LogP contribution >= 0.6 is 0 Å². The molecule has 1 unspecified atom stereocenters. The highest BCUT2D eigenvalue weighted by molar-refractivity contribution is 5.78. The molecule has 2 heterocycles. The molecule has 8 heteroatoms. The number of carbonyl (C=O) groups excluding carboxylic acids is 2. The van der Waals surface area contributed by atoms with E-state index >= 15 is 0 Å². The van der Waals surface area contributed by atoms with Crippen molar-refractivity contribution >= 4 is 12.0 Å². The van der Waals surface area contributed by atoms with E-state index in [4.69, 9.17) is 4.74 Å². The Bertz CT molecular complexity index is 766. The molecule has 0 spiro atoms. The highest BCUT2D eigenvalue weighted by Crippen LogP contribution is 2.44. The molecule has 8 nitrogen and oxygen atoms in total. The summed E-state index contributed by atoms with van der Waals surface area (Å²) in [7, 11) is 1.95. The minimum absolute atomic E-state index is 0.0868. The molecule has 2 saturated carbocycles.